The van der Waals surface area contributed by atoms with E-state index in [2.05, 4.69) is 52.9 Å². The van der Waals surface area contributed by atoms with Crippen LogP contribution >= 0.6 is 30.3 Å². The highest BCUT2D eigenvalue weighted by atomic mass is 127. The number of halogens is 1. The number of nitrogens with zero attached hydrogens (tertiary/aromatic N) is 4. The molecular formula is C21H25IN6O2S. The molecule has 0 saturated heterocycles. The highest BCUT2D eigenvalue weighted by Gasteiger charge is 2.32. The average Bonchev–Trinajstić information content (AvgIpc) is 3.08. The molecule has 1 saturated carbocycles. The number of aromatic nitrogens is 4. The maximum absolute atomic E-state index is 12.0. The van der Waals surface area contributed by atoms with Gasteiger partial charge in [-0.2, -0.15) is 0 Å². The number of anilines is 1. The smallest absolute Gasteiger partial charge is 0.407 e. The average molecular weight is 552 g/mol. The predicted molar refractivity (Wildman–Crippen MR) is 132 cm³/mol. The first kappa shape index (κ1) is 22.1. The summed E-state index contributed by atoms with van der Waals surface area (Å²) in [5, 5.41) is 7.67. The van der Waals surface area contributed by atoms with Crippen molar-refractivity contribution < 1.29 is 9.53 Å². The first-order chi connectivity index (χ1) is 14.7. The number of hydrogen-bond donors (Lipinski definition) is 2. The second-order valence-electron chi connectivity index (χ2n) is 8.64. The molecular weight excluding hydrogens is 527 g/mol. The molecule has 3 aromatic rings. The number of amides is 1. The van der Waals surface area contributed by atoms with Gasteiger partial charge in [-0.3, -0.25) is 3.97 Å². The molecule has 0 aromatic carbocycles. The number of pyridine rings is 1. The molecule has 1 fully saturated rings. The Morgan fingerprint density at radius 2 is 2.03 bits per heavy atom. The van der Waals surface area contributed by atoms with Gasteiger partial charge >= 0.3 is 6.09 Å². The molecule has 31 heavy (non-hydrogen) atoms. The third-order valence-corrected chi connectivity index (χ3v) is 6.73. The summed E-state index contributed by atoms with van der Waals surface area (Å²) in [6.07, 6.45) is 6.94. The minimum Gasteiger partial charge on any atom is -0.444 e. The first-order valence-electron chi connectivity index (χ1n) is 10.1. The van der Waals surface area contributed by atoms with E-state index >= 15 is 0 Å². The topological polar surface area (TPSA) is 94.0 Å². The molecule has 0 atom stereocenters. The maximum Gasteiger partial charge on any atom is 0.407 e. The van der Waals surface area contributed by atoms with Gasteiger partial charge in [0.25, 0.3) is 0 Å². The van der Waals surface area contributed by atoms with Crippen molar-refractivity contribution in [2.24, 2.45) is 0 Å². The van der Waals surface area contributed by atoms with E-state index in [9.17, 15) is 4.79 Å². The van der Waals surface area contributed by atoms with E-state index in [-0.39, 0.29) is 18.2 Å². The Morgan fingerprint density at radius 1 is 1.26 bits per heavy atom. The van der Waals surface area contributed by atoms with Gasteiger partial charge in [0.15, 0.2) is 5.65 Å². The van der Waals surface area contributed by atoms with Crippen molar-refractivity contribution in [1.82, 2.24) is 24.2 Å². The zero-order valence-electron chi connectivity index (χ0n) is 17.8. The molecule has 4 rings (SSSR count). The minimum atomic E-state index is -0.497. The van der Waals surface area contributed by atoms with Crippen LogP contribution in [0.15, 0.2) is 30.7 Å². The Balaban J connectivity index is 1.55. The summed E-state index contributed by atoms with van der Waals surface area (Å²) in [4.78, 5) is 25.5. The quantitative estimate of drug-likeness (QED) is 0.425. The number of aryl methyl sites for hydroxylation is 1. The van der Waals surface area contributed by atoms with E-state index in [1.54, 1.807) is 15.3 Å². The second kappa shape index (κ2) is 8.81. The van der Waals surface area contributed by atoms with Crippen LogP contribution in [0.2, 0.25) is 0 Å². The van der Waals surface area contributed by atoms with Crippen molar-refractivity contribution in [2.75, 3.05) is 5.32 Å². The summed E-state index contributed by atoms with van der Waals surface area (Å²) in [5.74, 6) is 0.717. The standard InChI is InChI=1S/C21H25IN6O2S/c1-12-23-7-5-17(25-12)16-11-24-19-15(6-8-28(19)31-22)18(16)26-13-9-14(10-13)27-20(29)30-21(2,3)4/h5-8,11,13-14H,9-10H2,1-4H3,(H,24,26)(H,27,29)/t13-,14+. The summed E-state index contributed by atoms with van der Waals surface area (Å²) >= 11 is 2.25. The number of fused-ring (bicyclic) bond motifs is 1. The lowest BCUT2D eigenvalue weighted by atomic mass is 9.86. The summed E-state index contributed by atoms with van der Waals surface area (Å²) in [6, 6.07) is 4.31. The Bertz CT molecular complexity index is 1110. The van der Waals surface area contributed by atoms with Gasteiger partial charge in [-0.15, -0.1) is 0 Å². The van der Waals surface area contributed by atoms with Crippen LogP contribution in [-0.2, 0) is 4.74 Å². The number of carbonyl (C=O) groups is 1. The third-order valence-electron chi connectivity index (χ3n) is 5.01. The van der Waals surface area contributed by atoms with Crippen molar-refractivity contribution >= 4 is 53.1 Å². The zero-order chi connectivity index (χ0) is 22.2. The summed E-state index contributed by atoms with van der Waals surface area (Å²) < 4.78 is 7.39. The number of rotatable bonds is 5. The molecule has 3 aromatic heterocycles. The molecule has 10 heteroatoms. The van der Waals surface area contributed by atoms with Gasteiger partial charge in [-0.05, 0) is 52.7 Å². The second-order valence-corrected chi connectivity index (χ2v) is 10.4. The van der Waals surface area contributed by atoms with Crippen LogP contribution in [0.25, 0.3) is 22.3 Å². The normalized spacial score (nSPS) is 18.5. The SMILES string of the molecule is Cc1nccc(-c2cnc3c(ccn3SI)c2N[C@H]2C[C@@H](NC(=O)OC(C)(C)C)C2)n1. The zero-order valence-corrected chi connectivity index (χ0v) is 20.8. The van der Waals surface area contributed by atoms with Gasteiger partial charge in [0, 0.05) is 71.9 Å². The number of hydrogen-bond acceptors (Lipinski definition) is 7. The van der Waals surface area contributed by atoms with E-state index in [0.717, 1.165) is 40.8 Å². The van der Waals surface area contributed by atoms with Crippen LogP contribution in [0.4, 0.5) is 10.5 Å². The van der Waals surface area contributed by atoms with Crippen LogP contribution in [0.5, 0.6) is 0 Å². The molecule has 1 amide bonds. The molecule has 0 unspecified atom stereocenters. The Morgan fingerprint density at radius 3 is 2.71 bits per heavy atom. The predicted octanol–water partition coefficient (Wildman–Crippen LogP) is 5.12. The minimum absolute atomic E-state index is 0.101. The van der Waals surface area contributed by atoms with Crippen molar-refractivity contribution in [2.45, 2.75) is 58.2 Å². The summed E-state index contributed by atoms with van der Waals surface area (Å²) in [6.45, 7) is 7.47. The van der Waals surface area contributed by atoms with E-state index in [0.29, 0.717) is 5.82 Å². The molecule has 1 aliphatic carbocycles. The highest BCUT2D eigenvalue weighted by Crippen LogP contribution is 2.37. The molecule has 8 nitrogen and oxygen atoms in total. The van der Waals surface area contributed by atoms with Gasteiger partial charge in [-0.1, -0.05) is 0 Å². The van der Waals surface area contributed by atoms with Crippen LogP contribution in [0.3, 0.4) is 0 Å². The van der Waals surface area contributed by atoms with E-state index in [4.69, 9.17) is 4.74 Å². The largest absolute Gasteiger partial charge is 0.444 e. The van der Waals surface area contributed by atoms with Crippen molar-refractivity contribution in [1.29, 1.82) is 0 Å². The highest BCUT2D eigenvalue weighted by molar-refractivity contribution is 14.2. The molecule has 164 valence electrons. The summed E-state index contributed by atoms with van der Waals surface area (Å²) in [5.41, 5.74) is 3.19. The lowest BCUT2D eigenvalue weighted by Crippen LogP contribution is -2.50. The van der Waals surface area contributed by atoms with Gasteiger partial charge in [0.2, 0.25) is 0 Å². The van der Waals surface area contributed by atoms with Crippen LogP contribution in [0, 0.1) is 6.92 Å². The van der Waals surface area contributed by atoms with Crippen molar-refractivity contribution in [3.05, 3.63) is 36.5 Å². The molecule has 3 heterocycles. The van der Waals surface area contributed by atoms with Gasteiger partial charge in [0.05, 0.1) is 11.4 Å². The molecule has 0 bridgehead atoms. The molecule has 0 spiro atoms. The fourth-order valence-electron chi connectivity index (χ4n) is 3.61. The number of carbonyl (C=O) groups excluding carboxylic acids is 1. The van der Waals surface area contributed by atoms with Gasteiger partial charge < -0.3 is 15.4 Å². The van der Waals surface area contributed by atoms with Gasteiger partial charge in [-0.25, -0.2) is 19.7 Å². The number of nitrogens with one attached hydrogen (secondary N) is 2. The fraction of sp³-hybridized carbons (Fsp3) is 0.429. The van der Waals surface area contributed by atoms with Crippen molar-refractivity contribution in [3.63, 3.8) is 0 Å². The van der Waals surface area contributed by atoms with E-state index < -0.39 is 5.60 Å². The number of ether oxygens (including phenoxy) is 1. The van der Waals surface area contributed by atoms with Crippen LogP contribution in [0.1, 0.15) is 39.4 Å². The Labute approximate surface area is 197 Å². The molecule has 1 aliphatic rings. The molecule has 0 aliphatic heterocycles. The van der Waals surface area contributed by atoms with E-state index in [1.807, 2.05) is 50.1 Å². The van der Waals surface area contributed by atoms with Crippen LogP contribution in [-0.4, -0.2) is 42.7 Å². The molecule has 2 N–H and O–H groups in total. The third kappa shape index (κ3) is 5.05. The van der Waals surface area contributed by atoms with Crippen molar-refractivity contribution in [3.8, 4) is 11.3 Å². The van der Waals surface area contributed by atoms with Crippen LogP contribution < -0.4 is 10.6 Å². The summed E-state index contributed by atoms with van der Waals surface area (Å²) in [7, 11) is 1.58. The van der Waals surface area contributed by atoms with Gasteiger partial charge in [0.1, 0.15) is 11.4 Å². The molecule has 0 radical (unpaired) electrons. The number of alkyl carbamates (subject to hydrolysis) is 1. The van der Waals surface area contributed by atoms with E-state index in [1.165, 1.54) is 0 Å². The lowest BCUT2D eigenvalue weighted by molar-refractivity contribution is 0.0475. The maximum atomic E-state index is 12.0. The fourth-order valence-corrected chi connectivity index (χ4v) is 4.88. The monoisotopic (exact) mass is 552 g/mol. The first-order valence-corrected chi connectivity index (χ1v) is 13.4. The lowest BCUT2D eigenvalue weighted by Gasteiger charge is -2.37. The Kier molecular flexibility index (Phi) is 6.29. The Hall–Kier alpha value is -2.08.